The summed E-state index contributed by atoms with van der Waals surface area (Å²) in [4.78, 5) is 3.96. The van der Waals surface area contributed by atoms with Crippen LogP contribution in [0.15, 0.2) is 69.9 Å². The fourth-order valence-electron chi connectivity index (χ4n) is 2.05. The van der Waals surface area contributed by atoms with Crippen LogP contribution in [0.3, 0.4) is 0 Å². The van der Waals surface area contributed by atoms with Gasteiger partial charge in [-0.05, 0) is 12.1 Å². The van der Waals surface area contributed by atoms with Gasteiger partial charge >= 0.3 is 0 Å². The molecule has 3 aromatic heterocycles. The summed E-state index contributed by atoms with van der Waals surface area (Å²) in [5.74, 6) is 1.39. The molecular formula is C16H10N4O2. The molecule has 0 radical (unpaired) electrons. The van der Waals surface area contributed by atoms with Gasteiger partial charge in [-0.25, -0.2) is 0 Å². The van der Waals surface area contributed by atoms with Crippen LogP contribution in [0.25, 0.3) is 34.4 Å². The van der Waals surface area contributed by atoms with Crippen molar-refractivity contribution in [3.05, 3.63) is 60.9 Å². The molecule has 4 rings (SSSR count). The molecule has 0 saturated carbocycles. The molecule has 0 spiro atoms. The average molecular weight is 290 g/mol. The summed E-state index contributed by atoms with van der Waals surface area (Å²) < 4.78 is 11.0. The van der Waals surface area contributed by atoms with Crippen LogP contribution < -0.4 is 0 Å². The second-order valence-corrected chi connectivity index (χ2v) is 4.59. The third-order valence-electron chi connectivity index (χ3n) is 3.14. The van der Waals surface area contributed by atoms with Gasteiger partial charge in [-0.3, -0.25) is 4.98 Å². The Hall–Kier alpha value is -3.28. The van der Waals surface area contributed by atoms with Gasteiger partial charge in [0.1, 0.15) is 0 Å². The quantitative estimate of drug-likeness (QED) is 0.575. The molecule has 0 aliphatic carbocycles. The Kier molecular flexibility index (Phi) is 2.97. The third-order valence-corrected chi connectivity index (χ3v) is 3.14. The molecule has 0 unspecified atom stereocenters. The molecule has 106 valence electrons. The van der Waals surface area contributed by atoms with Gasteiger partial charge in [-0.2, -0.15) is 0 Å². The van der Waals surface area contributed by atoms with E-state index in [2.05, 4.69) is 20.3 Å². The maximum atomic E-state index is 5.63. The number of aromatic nitrogens is 4. The molecule has 0 N–H and O–H groups in total. The highest BCUT2D eigenvalue weighted by Gasteiger charge is 2.15. The Morgan fingerprint density at radius 2 is 1.55 bits per heavy atom. The van der Waals surface area contributed by atoms with E-state index in [0.29, 0.717) is 23.2 Å². The van der Waals surface area contributed by atoms with E-state index >= 15 is 0 Å². The molecule has 0 saturated heterocycles. The highest BCUT2D eigenvalue weighted by Crippen LogP contribution is 2.27. The number of benzene rings is 1. The van der Waals surface area contributed by atoms with Gasteiger partial charge in [0.25, 0.3) is 5.89 Å². The summed E-state index contributed by atoms with van der Waals surface area (Å²) in [5, 5.41) is 12.0. The van der Waals surface area contributed by atoms with Crippen molar-refractivity contribution in [3.8, 4) is 34.4 Å². The predicted octanol–water partition coefficient (Wildman–Crippen LogP) is 3.45. The summed E-state index contributed by atoms with van der Waals surface area (Å²) in [5.41, 5.74) is 2.25. The van der Waals surface area contributed by atoms with E-state index in [1.54, 1.807) is 30.6 Å². The zero-order chi connectivity index (χ0) is 14.8. The normalized spacial score (nSPS) is 10.7. The average Bonchev–Trinajstić information content (AvgIpc) is 3.26. The molecule has 6 nitrogen and oxygen atoms in total. The topological polar surface area (TPSA) is 77.8 Å². The van der Waals surface area contributed by atoms with Crippen LogP contribution in [0.5, 0.6) is 0 Å². The molecule has 3 heterocycles. The fraction of sp³-hybridized carbons (Fsp3) is 0. The number of hydrogen-bond donors (Lipinski definition) is 0. The molecule has 0 bridgehead atoms. The second-order valence-electron chi connectivity index (χ2n) is 4.59. The first-order chi connectivity index (χ1) is 10.9. The molecule has 0 aliphatic heterocycles. The van der Waals surface area contributed by atoms with Gasteiger partial charge in [0, 0.05) is 29.6 Å². The van der Waals surface area contributed by atoms with Crippen molar-refractivity contribution >= 4 is 0 Å². The van der Waals surface area contributed by atoms with Crippen molar-refractivity contribution in [2.75, 3.05) is 0 Å². The Balaban J connectivity index is 1.66. The first kappa shape index (κ1) is 12.5. The number of pyridine rings is 1. The van der Waals surface area contributed by atoms with Gasteiger partial charge in [-0.1, -0.05) is 35.5 Å². The van der Waals surface area contributed by atoms with Crippen molar-refractivity contribution in [1.82, 2.24) is 20.3 Å². The van der Waals surface area contributed by atoms with Gasteiger partial charge in [0.2, 0.25) is 5.89 Å². The predicted molar refractivity (Wildman–Crippen MR) is 78.5 cm³/mol. The van der Waals surface area contributed by atoms with E-state index in [1.807, 2.05) is 30.3 Å². The maximum absolute atomic E-state index is 5.63. The van der Waals surface area contributed by atoms with Crippen molar-refractivity contribution in [1.29, 1.82) is 0 Å². The van der Waals surface area contributed by atoms with E-state index in [0.717, 1.165) is 11.1 Å². The summed E-state index contributed by atoms with van der Waals surface area (Å²) >= 11 is 0. The summed E-state index contributed by atoms with van der Waals surface area (Å²) in [6.45, 7) is 0. The standard InChI is InChI=1S/C16H10N4O2/c1-2-4-11(5-3-1)14-10-13(20-22-14)16-19-18-15(21-16)12-6-8-17-9-7-12/h1-10H. The summed E-state index contributed by atoms with van der Waals surface area (Å²) in [6.07, 6.45) is 3.34. The lowest BCUT2D eigenvalue weighted by Crippen LogP contribution is -1.77. The molecule has 0 amide bonds. The highest BCUT2D eigenvalue weighted by molar-refractivity contribution is 5.63. The lowest BCUT2D eigenvalue weighted by molar-refractivity contribution is 0.431. The van der Waals surface area contributed by atoms with Gasteiger partial charge in [0.05, 0.1) is 0 Å². The van der Waals surface area contributed by atoms with Crippen LogP contribution in [0, 0.1) is 0 Å². The van der Waals surface area contributed by atoms with Crippen LogP contribution in [0.4, 0.5) is 0 Å². The minimum atomic E-state index is 0.317. The van der Waals surface area contributed by atoms with E-state index in [4.69, 9.17) is 8.94 Å². The monoisotopic (exact) mass is 290 g/mol. The Morgan fingerprint density at radius 3 is 2.36 bits per heavy atom. The molecule has 6 heteroatoms. The largest absolute Gasteiger partial charge is 0.414 e. The molecule has 0 fully saturated rings. The lowest BCUT2D eigenvalue weighted by Gasteiger charge is -1.91. The minimum Gasteiger partial charge on any atom is -0.414 e. The molecule has 1 aromatic carbocycles. The third kappa shape index (κ3) is 2.26. The van der Waals surface area contributed by atoms with Crippen molar-refractivity contribution < 1.29 is 8.94 Å². The molecule has 4 aromatic rings. The molecule has 22 heavy (non-hydrogen) atoms. The van der Waals surface area contributed by atoms with Crippen molar-refractivity contribution in [2.24, 2.45) is 0 Å². The van der Waals surface area contributed by atoms with Crippen molar-refractivity contribution in [3.63, 3.8) is 0 Å². The van der Waals surface area contributed by atoms with Crippen LogP contribution in [0.2, 0.25) is 0 Å². The lowest BCUT2D eigenvalue weighted by atomic mass is 10.2. The zero-order valence-corrected chi connectivity index (χ0v) is 11.4. The number of hydrogen-bond acceptors (Lipinski definition) is 6. The Morgan fingerprint density at radius 1 is 0.773 bits per heavy atom. The SMILES string of the molecule is c1ccc(-c2cc(-c3nnc(-c4ccncc4)o3)no2)cc1. The van der Waals surface area contributed by atoms with Crippen LogP contribution in [0.1, 0.15) is 0 Å². The van der Waals surface area contributed by atoms with Crippen LogP contribution in [-0.2, 0) is 0 Å². The molecule has 0 atom stereocenters. The van der Waals surface area contributed by atoms with Gasteiger partial charge in [0.15, 0.2) is 11.5 Å². The minimum absolute atomic E-state index is 0.317. The van der Waals surface area contributed by atoms with Crippen LogP contribution >= 0.6 is 0 Å². The second kappa shape index (κ2) is 5.25. The zero-order valence-electron chi connectivity index (χ0n) is 11.4. The Labute approximate surface area is 125 Å². The maximum Gasteiger partial charge on any atom is 0.270 e. The first-order valence-corrected chi connectivity index (χ1v) is 6.66. The first-order valence-electron chi connectivity index (χ1n) is 6.66. The Bertz CT molecular complexity index is 809. The van der Waals surface area contributed by atoms with Gasteiger partial charge < -0.3 is 8.94 Å². The summed E-state index contributed by atoms with van der Waals surface area (Å²) in [7, 11) is 0. The highest BCUT2D eigenvalue weighted by atomic mass is 16.5. The van der Waals surface area contributed by atoms with Crippen LogP contribution in [-0.4, -0.2) is 20.3 Å². The molecule has 0 aliphatic rings. The van der Waals surface area contributed by atoms with Gasteiger partial charge in [-0.15, -0.1) is 10.2 Å². The smallest absolute Gasteiger partial charge is 0.270 e. The molecular weight excluding hydrogens is 280 g/mol. The summed E-state index contributed by atoms with van der Waals surface area (Å²) in [6, 6.07) is 15.1. The van der Waals surface area contributed by atoms with E-state index in [-0.39, 0.29) is 0 Å². The number of nitrogens with zero attached hydrogens (tertiary/aromatic N) is 4. The van der Waals surface area contributed by atoms with E-state index in [9.17, 15) is 0 Å². The van der Waals surface area contributed by atoms with Crippen molar-refractivity contribution in [2.45, 2.75) is 0 Å². The fourth-order valence-corrected chi connectivity index (χ4v) is 2.05. The van der Waals surface area contributed by atoms with E-state index < -0.39 is 0 Å². The van der Waals surface area contributed by atoms with E-state index in [1.165, 1.54) is 0 Å². The number of rotatable bonds is 3.